The van der Waals surface area contributed by atoms with Gasteiger partial charge in [0.15, 0.2) is 23.2 Å². The van der Waals surface area contributed by atoms with Crippen molar-refractivity contribution in [3.63, 3.8) is 0 Å². The van der Waals surface area contributed by atoms with Gasteiger partial charge < -0.3 is 4.74 Å². The van der Waals surface area contributed by atoms with Crippen LogP contribution in [-0.4, -0.2) is 0 Å². The molecule has 3 aromatic rings. The molecule has 158 valence electrons. The van der Waals surface area contributed by atoms with Gasteiger partial charge in [0.05, 0.1) is 0 Å². The van der Waals surface area contributed by atoms with E-state index in [0.717, 1.165) is 12.8 Å². The molecule has 0 unspecified atom stereocenters. The number of aryl methyl sites for hydroxylation is 2. The summed E-state index contributed by atoms with van der Waals surface area (Å²) in [5.41, 5.74) is 2.08. The van der Waals surface area contributed by atoms with Crippen LogP contribution in [0.25, 0.3) is 11.1 Å². The van der Waals surface area contributed by atoms with Gasteiger partial charge in [-0.15, -0.1) is 0 Å². The second-order valence-corrected chi connectivity index (χ2v) is 7.19. The molecule has 0 spiro atoms. The first-order valence-corrected chi connectivity index (χ1v) is 10.1. The van der Waals surface area contributed by atoms with Crippen molar-refractivity contribution in [2.75, 3.05) is 0 Å². The molecule has 0 saturated heterocycles. The largest absolute Gasteiger partial charge is 0.486 e. The molecule has 0 heterocycles. The van der Waals surface area contributed by atoms with Crippen molar-refractivity contribution in [2.45, 2.75) is 46.1 Å². The monoisotopic (exact) mass is 416 g/mol. The number of rotatable bonds is 8. The predicted molar refractivity (Wildman–Crippen MR) is 110 cm³/mol. The minimum absolute atomic E-state index is 0.0227. The van der Waals surface area contributed by atoms with Crippen molar-refractivity contribution >= 4 is 0 Å². The van der Waals surface area contributed by atoms with Gasteiger partial charge in [0.25, 0.3) is 0 Å². The maximum atomic E-state index is 14.5. The lowest BCUT2D eigenvalue weighted by molar-refractivity contribution is 0.284. The second kappa shape index (κ2) is 9.79. The van der Waals surface area contributed by atoms with E-state index in [1.807, 2.05) is 6.92 Å². The number of benzene rings is 3. The van der Waals surface area contributed by atoms with Crippen molar-refractivity contribution in [1.29, 1.82) is 0 Å². The summed E-state index contributed by atoms with van der Waals surface area (Å²) in [6.45, 7) is 3.77. The van der Waals surface area contributed by atoms with Crippen LogP contribution in [0.4, 0.5) is 17.6 Å². The zero-order chi connectivity index (χ0) is 21.7. The SMILES string of the molecule is CCCCc1ccc(-c2ccc(COc3ccc(CC)c(F)c3F)cc2)c(F)c1F. The molecular formula is C25H24F4O. The Hall–Kier alpha value is -2.82. The summed E-state index contributed by atoms with van der Waals surface area (Å²) in [6.07, 6.45) is 2.61. The van der Waals surface area contributed by atoms with E-state index in [1.54, 1.807) is 43.3 Å². The van der Waals surface area contributed by atoms with Gasteiger partial charge in [-0.2, -0.15) is 4.39 Å². The molecule has 0 fully saturated rings. The molecule has 0 aliphatic carbocycles. The molecule has 0 aliphatic rings. The average Bonchev–Trinajstić information content (AvgIpc) is 2.76. The molecule has 30 heavy (non-hydrogen) atoms. The fraction of sp³-hybridized carbons (Fsp3) is 0.280. The van der Waals surface area contributed by atoms with Crippen LogP contribution in [0.15, 0.2) is 48.5 Å². The van der Waals surface area contributed by atoms with E-state index in [9.17, 15) is 17.6 Å². The summed E-state index contributed by atoms with van der Waals surface area (Å²) < 4.78 is 62.2. The van der Waals surface area contributed by atoms with Crippen molar-refractivity contribution in [3.05, 3.63) is 88.5 Å². The topological polar surface area (TPSA) is 9.23 Å². The van der Waals surface area contributed by atoms with E-state index in [0.29, 0.717) is 35.1 Å². The summed E-state index contributed by atoms with van der Waals surface area (Å²) in [5, 5.41) is 0. The van der Waals surface area contributed by atoms with Gasteiger partial charge in [0, 0.05) is 5.56 Å². The lowest BCUT2D eigenvalue weighted by atomic mass is 9.99. The molecule has 0 atom stereocenters. The molecule has 0 N–H and O–H groups in total. The lowest BCUT2D eigenvalue weighted by Gasteiger charge is -2.11. The first kappa shape index (κ1) is 21.9. The molecule has 0 amide bonds. The summed E-state index contributed by atoms with van der Waals surface area (Å²) in [7, 11) is 0. The van der Waals surface area contributed by atoms with Gasteiger partial charge >= 0.3 is 0 Å². The fourth-order valence-electron chi connectivity index (χ4n) is 3.27. The van der Waals surface area contributed by atoms with Crippen LogP contribution >= 0.6 is 0 Å². The maximum Gasteiger partial charge on any atom is 0.200 e. The van der Waals surface area contributed by atoms with Gasteiger partial charge in [0.1, 0.15) is 6.61 Å². The highest BCUT2D eigenvalue weighted by Crippen LogP contribution is 2.28. The third kappa shape index (κ3) is 4.66. The Kier molecular flexibility index (Phi) is 7.14. The van der Waals surface area contributed by atoms with Crippen LogP contribution in [0.1, 0.15) is 43.4 Å². The molecule has 1 nitrogen and oxygen atoms in total. The Bertz CT molecular complexity index is 1010. The Morgan fingerprint density at radius 1 is 0.700 bits per heavy atom. The van der Waals surface area contributed by atoms with Gasteiger partial charge in [-0.05, 0) is 47.6 Å². The van der Waals surface area contributed by atoms with Gasteiger partial charge in [-0.25, -0.2) is 13.2 Å². The van der Waals surface area contributed by atoms with E-state index in [-0.39, 0.29) is 17.9 Å². The molecule has 0 aliphatic heterocycles. The molecule has 0 bridgehead atoms. The Morgan fingerprint density at radius 2 is 1.37 bits per heavy atom. The van der Waals surface area contributed by atoms with Crippen LogP contribution in [0, 0.1) is 23.3 Å². The number of unbranched alkanes of at least 4 members (excludes halogenated alkanes) is 1. The number of halogens is 4. The first-order valence-electron chi connectivity index (χ1n) is 10.1. The van der Waals surface area contributed by atoms with Gasteiger partial charge in [-0.3, -0.25) is 0 Å². The Morgan fingerprint density at radius 3 is 2.03 bits per heavy atom. The Balaban J connectivity index is 1.73. The quantitative estimate of drug-likeness (QED) is 0.348. The van der Waals surface area contributed by atoms with Gasteiger partial charge in [-0.1, -0.05) is 62.7 Å². The smallest absolute Gasteiger partial charge is 0.200 e. The van der Waals surface area contributed by atoms with E-state index in [2.05, 4.69) is 0 Å². The van der Waals surface area contributed by atoms with E-state index < -0.39 is 23.3 Å². The van der Waals surface area contributed by atoms with E-state index in [1.165, 1.54) is 12.1 Å². The van der Waals surface area contributed by atoms with Crippen molar-refractivity contribution in [3.8, 4) is 16.9 Å². The van der Waals surface area contributed by atoms with Crippen molar-refractivity contribution in [2.24, 2.45) is 0 Å². The Labute approximate surface area is 174 Å². The lowest BCUT2D eigenvalue weighted by Crippen LogP contribution is -2.01. The minimum Gasteiger partial charge on any atom is -0.486 e. The number of hydrogen-bond donors (Lipinski definition) is 0. The molecular weight excluding hydrogens is 392 g/mol. The molecule has 5 heteroatoms. The zero-order valence-electron chi connectivity index (χ0n) is 17.1. The highest BCUT2D eigenvalue weighted by molar-refractivity contribution is 5.65. The van der Waals surface area contributed by atoms with Crippen molar-refractivity contribution < 1.29 is 22.3 Å². The fourth-order valence-corrected chi connectivity index (χ4v) is 3.27. The van der Waals surface area contributed by atoms with Crippen molar-refractivity contribution in [1.82, 2.24) is 0 Å². The van der Waals surface area contributed by atoms with Crippen LogP contribution in [0.3, 0.4) is 0 Å². The van der Waals surface area contributed by atoms with Crippen LogP contribution in [0.5, 0.6) is 5.75 Å². The summed E-state index contributed by atoms with van der Waals surface area (Å²) >= 11 is 0. The highest BCUT2D eigenvalue weighted by Gasteiger charge is 2.15. The highest BCUT2D eigenvalue weighted by atomic mass is 19.2. The maximum absolute atomic E-state index is 14.5. The molecule has 0 saturated carbocycles. The first-order chi connectivity index (χ1) is 14.5. The van der Waals surface area contributed by atoms with Gasteiger partial charge in [0.2, 0.25) is 5.82 Å². The van der Waals surface area contributed by atoms with Crippen LogP contribution in [-0.2, 0) is 19.4 Å². The average molecular weight is 416 g/mol. The third-order valence-corrected chi connectivity index (χ3v) is 5.13. The molecule has 0 aromatic heterocycles. The number of hydrogen-bond acceptors (Lipinski definition) is 1. The van der Waals surface area contributed by atoms with E-state index in [4.69, 9.17) is 4.74 Å². The standard InChI is InChI=1S/C25H24F4O/c1-3-5-6-19-11-13-20(24(28)23(19)27)18-9-7-16(8-10-18)15-30-21-14-12-17(4-2)22(26)25(21)29/h7-14H,3-6,15H2,1-2H3. The second-order valence-electron chi connectivity index (χ2n) is 7.19. The third-order valence-electron chi connectivity index (χ3n) is 5.13. The summed E-state index contributed by atoms with van der Waals surface area (Å²) in [5.74, 6) is -3.73. The zero-order valence-corrected chi connectivity index (χ0v) is 17.1. The number of ether oxygens (including phenoxy) is 1. The molecule has 3 aromatic carbocycles. The molecule has 3 rings (SSSR count). The molecule has 0 radical (unpaired) electrons. The normalized spacial score (nSPS) is 11.0. The predicted octanol–water partition coefficient (Wildman–Crippen LogP) is 7.39. The summed E-state index contributed by atoms with van der Waals surface area (Å²) in [6, 6.07) is 12.8. The van der Waals surface area contributed by atoms with E-state index >= 15 is 0 Å². The van der Waals surface area contributed by atoms with Crippen LogP contribution < -0.4 is 4.74 Å². The van der Waals surface area contributed by atoms with Crippen LogP contribution in [0.2, 0.25) is 0 Å². The minimum atomic E-state index is -1.01. The summed E-state index contributed by atoms with van der Waals surface area (Å²) in [4.78, 5) is 0.